The number of hydrogen-bond donors (Lipinski definition) is 1. The molecule has 0 bridgehead atoms. The van der Waals surface area contributed by atoms with Crippen molar-refractivity contribution in [3.63, 3.8) is 0 Å². The fraction of sp³-hybridized carbons (Fsp3) is 0.273. The third-order valence-corrected chi connectivity index (χ3v) is 6.15. The molecule has 1 fully saturated rings. The number of amides is 1. The zero-order valence-electron chi connectivity index (χ0n) is 17.3. The van der Waals surface area contributed by atoms with E-state index in [9.17, 15) is 14.9 Å². The Hall–Kier alpha value is -3.01. The first-order valence-corrected chi connectivity index (χ1v) is 10.8. The van der Waals surface area contributed by atoms with Crippen LogP contribution in [0, 0.1) is 10.1 Å². The predicted molar refractivity (Wildman–Crippen MR) is 126 cm³/mol. The molecule has 0 aromatic heterocycles. The molecule has 2 heterocycles. The highest BCUT2D eigenvalue weighted by molar-refractivity contribution is 7.80. The van der Waals surface area contributed by atoms with Gasteiger partial charge in [-0.3, -0.25) is 19.8 Å². The molecule has 32 heavy (non-hydrogen) atoms. The number of ether oxygens (including phenoxy) is 1. The Morgan fingerprint density at radius 1 is 1.22 bits per heavy atom. The van der Waals surface area contributed by atoms with Gasteiger partial charge in [0, 0.05) is 30.5 Å². The van der Waals surface area contributed by atoms with Crippen molar-refractivity contribution in [3.05, 3.63) is 80.5 Å². The molecule has 2 aromatic rings. The molecule has 0 aliphatic carbocycles. The highest BCUT2D eigenvalue weighted by Crippen LogP contribution is 2.37. The molecule has 2 aromatic carbocycles. The van der Waals surface area contributed by atoms with Gasteiger partial charge in [0.05, 0.1) is 29.8 Å². The van der Waals surface area contributed by atoms with Gasteiger partial charge < -0.3 is 15.0 Å². The Kier molecular flexibility index (Phi) is 6.40. The van der Waals surface area contributed by atoms with Crippen LogP contribution in [0.5, 0.6) is 0 Å². The fourth-order valence-corrected chi connectivity index (χ4v) is 4.49. The second-order valence-electron chi connectivity index (χ2n) is 7.43. The van der Waals surface area contributed by atoms with Crippen LogP contribution in [0.15, 0.2) is 59.8 Å². The summed E-state index contributed by atoms with van der Waals surface area (Å²) in [6.45, 7) is 3.70. The first-order chi connectivity index (χ1) is 15.4. The van der Waals surface area contributed by atoms with Crippen LogP contribution in [0.4, 0.5) is 11.4 Å². The maximum Gasteiger partial charge on any atom is 0.288 e. The summed E-state index contributed by atoms with van der Waals surface area (Å²) in [6.07, 6.45) is 0. The van der Waals surface area contributed by atoms with E-state index >= 15 is 0 Å². The van der Waals surface area contributed by atoms with Crippen molar-refractivity contribution >= 4 is 46.2 Å². The largest absolute Gasteiger partial charge is 0.378 e. The summed E-state index contributed by atoms with van der Waals surface area (Å²) in [5.41, 5.74) is 2.26. The number of nitro groups is 1. The zero-order chi connectivity index (χ0) is 22.8. The normalized spacial score (nSPS) is 19.1. The van der Waals surface area contributed by atoms with Crippen molar-refractivity contribution in [2.24, 2.45) is 0 Å². The molecule has 1 unspecified atom stereocenters. The smallest absolute Gasteiger partial charge is 0.288 e. The van der Waals surface area contributed by atoms with Crippen molar-refractivity contribution in [2.75, 3.05) is 31.2 Å². The number of benzene rings is 2. The van der Waals surface area contributed by atoms with Crippen LogP contribution in [-0.2, 0) is 9.53 Å². The van der Waals surface area contributed by atoms with E-state index in [0.29, 0.717) is 48.2 Å². The van der Waals surface area contributed by atoms with Gasteiger partial charge in [0.2, 0.25) is 0 Å². The molecule has 1 amide bonds. The Labute approximate surface area is 195 Å². The van der Waals surface area contributed by atoms with Gasteiger partial charge in [-0.05, 0) is 42.9 Å². The number of rotatable bonds is 4. The first kappa shape index (κ1) is 22.2. The van der Waals surface area contributed by atoms with E-state index in [1.54, 1.807) is 11.0 Å². The van der Waals surface area contributed by atoms with Crippen LogP contribution in [0.2, 0.25) is 5.02 Å². The minimum Gasteiger partial charge on any atom is -0.378 e. The summed E-state index contributed by atoms with van der Waals surface area (Å²) in [7, 11) is 0. The van der Waals surface area contributed by atoms with Crippen molar-refractivity contribution in [1.82, 2.24) is 10.2 Å². The summed E-state index contributed by atoms with van der Waals surface area (Å²) in [5, 5.41) is 15.1. The van der Waals surface area contributed by atoms with Crippen molar-refractivity contribution in [3.8, 4) is 0 Å². The van der Waals surface area contributed by atoms with E-state index in [4.69, 9.17) is 28.6 Å². The maximum absolute atomic E-state index is 13.7. The van der Waals surface area contributed by atoms with E-state index in [1.165, 1.54) is 12.1 Å². The second kappa shape index (κ2) is 9.23. The molecule has 1 atom stereocenters. The van der Waals surface area contributed by atoms with E-state index < -0.39 is 11.0 Å². The third kappa shape index (κ3) is 4.19. The maximum atomic E-state index is 13.7. The van der Waals surface area contributed by atoms with E-state index in [-0.39, 0.29) is 16.6 Å². The van der Waals surface area contributed by atoms with Gasteiger partial charge in [-0.1, -0.05) is 35.9 Å². The standard InChI is InChI=1S/C22H21ClN4O4S/c1-14-19(21(28)25-9-11-31-12-10-25)20(15-7-8-17(23)18(13-15)27(29)30)24-22(32)26(14)16-5-3-2-4-6-16/h2-8,13,20H,9-12H2,1H3,(H,24,32). The monoisotopic (exact) mass is 472 g/mol. The van der Waals surface area contributed by atoms with Gasteiger partial charge in [0.25, 0.3) is 11.6 Å². The summed E-state index contributed by atoms with van der Waals surface area (Å²) < 4.78 is 5.39. The van der Waals surface area contributed by atoms with Gasteiger partial charge >= 0.3 is 0 Å². The topological polar surface area (TPSA) is 88.0 Å². The summed E-state index contributed by atoms with van der Waals surface area (Å²) in [6, 6.07) is 13.4. The number of morpholine rings is 1. The number of nitrogens with one attached hydrogen (secondary N) is 1. The molecule has 8 nitrogen and oxygen atoms in total. The van der Waals surface area contributed by atoms with E-state index in [0.717, 1.165) is 5.69 Å². The molecule has 166 valence electrons. The molecule has 4 rings (SSSR count). The Balaban J connectivity index is 1.84. The molecule has 1 saturated heterocycles. The lowest BCUT2D eigenvalue weighted by atomic mass is 9.93. The number of thiocarbonyl (C=S) groups is 1. The van der Waals surface area contributed by atoms with Crippen LogP contribution < -0.4 is 10.2 Å². The average molecular weight is 473 g/mol. The summed E-state index contributed by atoms with van der Waals surface area (Å²) in [5.74, 6) is -0.163. The molecule has 2 aliphatic rings. The highest BCUT2D eigenvalue weighted by Gasteiger charge is 2.37. The molecule has 2 aliphatic heterocycles. The molecule has 10 heteroatoms. The number of carbonyl (C=O) groups excluding carboxylic acids is 1. The predicted octanol–water partition coefficient (Wildman–Crippen LogP) is 3.82. The van der Waals surface area contributed by atoms with Gasteiger partial charge in [-0.25, -0.2) is 0 Å². The molecular formula is C22H21ClN4O4S. The van der Waals surface area contributed by atoms with Crippen molar-refractivity contribution < 1.29 is 14.5 Å². The number of hydrogen-bond acceptors (Lipinski definition) is 5. The quantitative estimate of drug-likeness (QED) is 0.411. The minimum absolute atomic E-state index is 0.0322. The van der Waals surface area contributed by atoms with Crippen LogP contribution >= 0.6 is 23.8 Å². The van der Waals surface area contributed by atoms with Gasteiger partial charge in [-0.2, -0.15) is 0 Å². The zero-order valence-corrected chi connectivity index (χ0v) is 18.9. The number of nitro benzene ring substituents is 1. The van der Waals surface area contributed by atoms with Crippen LogP contribution in [0.25, 0.3) is 0 Å². The average Bonchev–Trinajstić information content (AvgIpc) is 2.80. The number of carbonyl (C=O) groups is 1. The first-order valence-electron chi connectivity index (χ1n) is 10.1. The Morgan fingerprint density at radius 2 is 1.91 bits per heavy atom. The molecular weight excluding hydrogens is 452 g/mol. The van der Waals surface area contributed by atoms with Gasteiger partial charge in [-0.15, -0.1) is 0 Å². The number of anilines is 1. The lowest BCUT2D eigenvalue weighted by molar-refractivity contribution is -0.384. The Morgan fingerprint density at radius 3 is 2.56 bits per heavy atom. The van der Waals surface area contributed by atoms with Gasteiger partial charge in [0.1, 0.15) is 5.02 Å². The summed E-state index contributed by atoms with van der Waals surface area (Å²) >= 11 is 11.7. The summed E-state index contributed by atoms with van der Waals surface area (Å²) in [4.78, 5) is 28.1. The molecule has 0 spiro atoms. The van der Waals surface area contributed by atoms with Crippen LogP contribution in [-0.4, -0.2) is 47.1 Å². The SMILES string of the molecule is CC1=C(C(=O)N2CCOCC2)C(c2ccc(Cl)c([N+](=O)[O-])c2)NC(=S)N1c1ccccc1. The van der Waals surface area contributed by atoms with Crippen LogP contribution in [0.1, 0.15) is 18.5 Å². The number of halogens is 1. The molecule has 1 N–H and O–H groups in total. The van der Waals surface area contributed by atoms with Crippen molar-refractivity contribution in [2.45, 2.75) is 13.0 Å². The lowest BCUT2D eigenvalue weighted by Gasteiger charge is -2.39. The number of nitrogens with zero attached hydrogens (tertiary/aromatic N) is 3. The second-order valence-corrected chi connectivity index (χ2v) is 8.22. The fourth-order valence-electron chi connectivity index (χ4n) is 3.94. The highest BCUT2D eigenvalue weighted by atomic mass is 35.5. The van der Waals surface area contributed by atoms with Gasteiger partial charge in [0.15, 0.2) is 5.11 Å². The molecule has 0 saturated carbocycles. The lowest BCUT2D eigenvalue weighted by Crippen LogP contribution is -2.51. The number of para-hydroxylation sites is 1. The Bertz CT molecular complexity index is 1100. The molecule has 0 radical (unpaired) electrons. The van der Waals surface area contributed by atoms with E-state index in [2.05, 4.69) is 5.32 Å². The third-order valence-electron chi connectivity index (χ3n) is 5.53. The van der Waals surface area contributed by atoms with Crippen LogP contribution in [0.3, 0.4) is 0 Å². The minimum atomic E-state index is -0.659. The number of allylic oxidation sites excluding steroid dienone is 1. The van der Waals surface area contributed by atoms with Crippen molar-refractivity contribution in [1.29, 1.82) is 0 Å². The van der Waals surface area contributed by atoms with E-state index in [1.807, 2.05) is 42.2 Å².